The number of nitrogens with two attached hydrogens (primary N) is 1. The minimum atomic E-state index is -0.890. The van der Waals surface area contributed by atoms with Crippen molar-refractivity contribution in [3.8, 4) is 0 Å². The van der Waals surface area contributed by atoms with E-state index in [0.29, 0.717) is 0 Å². The van der Waals surface area contributed by atoms with E-state index in [0.717, 1.165) is 15.3 Å². The summed E-state index contributed by atoms with van der Waals surface area (Å²) >= 11 is 5.76. The predicted molar refractivity (Wildman–Crippen MR) is 119 cm³/mol. The molecule has 35 heavy (non-hydrogen) atoms. The average molecular weight is 521 g/mol. The van der Waals surface area contributed by atoms with Crippen LogP contribution in [0.4, 0.5) is 16.0 Å². The van der Waals surface area contributed by atoms with Crippen LogP contribution in [0.2, 0.25) is 5.02 Å². The maximum absolute atomic E-state index is 13.5. The predicted octanol–water partition coefficient (Wildman–Crippen LogP) is -1.82. The molecule has 2 aliphatic heterocycles. The van der Waals surface area contributed by atoms with Crippen molar-refractivity contribution in [2.45, 2.75) is 49.7 Å². The van der Waals surface area contributed by atoms with Gasteiger partial charge in [0.2, 0.25) is 0 Å². The first-order valence-electron chi connectivity index (χ1n) is 10.5. The highest BCUT2D eigenvalue weighted by molar-refractivity contribution is 6.32. The van der Waals surface area contributed by atoms with Gasteiger partial charge in [-0.05, 0) is 0 Å². The van der Waals surface area contributed by atoms with E-state index < -0.39 is 54.1 Å². The van der Waals surface area contributed by atoms with E-state index in [9.17, 15) is 24.2 Å². The fraction of sp³-hybridized carbons (Fsp3) is 0.579. The van der Waals surface area contributed by atoms with E-state index in [1.165, 1.54) is 13.2 Å². The van der Waals surface area contributed by atoms with Crippen LogP contribution in [-0.2, 0) is 9.47 Å². The molecule has 16 heteroatoms. The summed E-state index contributed by atoms with van der Waals surface area (Å²) in [6, 6.07) is 0. The van der Waals surface area contributed by atoms with Crippen LogP contribution < -0.4 is 22.4 Å². The summed E-state index contributed by atoms with van der Waals surface area (Å²) in [5.74, 6) is -0.888. The monoisotopic (exact) mass is 520 g/mol. The van der Waals surface area contributed by atoms with Gasteiger partial charge in [0.25, 0.3) is 0 Å². The van der Waals surface area contributed by atoms with E-state index in [2.05, 4.69) is 15.3 Å². The molecule has 14 nitrogen and oxygen atoms in total. The van der Waals surface area contributed by atoms with E-state index in [4.69, 9.17) is 37.0 Å². The van der Waals surface area contributed by atoms with Crippen molar-refractivity contribution < 1.29 is 34.3 Å². The normalized spacial score (nSPS) is 28.0. The lowest BCUT2D eigenvalue weighted by molar-refractivity contribution is -0.0461. The number of nitrogens with one attached hydrogen (secondary N) is 1. The summed E-state index contributed by atoms with van der Waals surface area (Å²) < 4.78 is 26.2. The maximum atomic E-state index is 13.5. The Balaban J connectivity index is 0.000000196. The maximum Gasteiger partial charge on any atom is 0.351 e. The van der Waals surface area contributed by atoms with Gasteiger partial charge in [-0.1, -0.05) is 11.6 Å². The average Bonchev–Trinajstić information content (AvgIpc) is 3.39. The number of hydrogen-bond donors (Lipinski definition) is 6. The zero-order valence-corrected chi connectivity index (χ0v) is 19.2. The molecule has 2 aromatic rings. The van der Waals surface area contributed by atoms with E-state index in [1.807, 2.05) is 0 Å². The first kappa shape index (κ1) is 26.9. The van der Waals surface area contributed by atoms with Gasteiger partial charge in [-0.15, -0.1) is 0 Å². The molecular formula is C19H26ClFN6O8. The lowest BCUT2D eigenvalue weighted by Gasteiger charge is -2.14. The number of ether oxygens (including phenoxy) is 2. The third-order valence-electron chi connectivity index (χ3n) is 5.47. The quantitative estimate of drug-likeness (QED) is 0.258. The molecule has 4 rings (SSSR count). The Kier molecular flexibility index (Phi) is 8.76. The summed E-state index contributed by atoms with van der Waals surface area (Å²) in [5.41, 5.74) is 4.09. The van der Waals surface area contributed by atoms with Crippen molar-refractivity contribution >= 4 is 23.2 Å². The summed E-state index contributed by atoms with van der Waals surface area (Å²) in [5, 5.41) is 39.6. The van der Waals surface area contributed by atoms with Gasteiger partial charge in [0, 0.05) is 26.1 Å². The number of anilines is 2. The van der Waals surface area contributed by atoms with Crippen molar-refractivity contribution in [1.82, 2.24) is 19.1 Å². The Morgan fingerprint density at radius 2 is 1.54 bits per heavy atom. The second kappa shape index (κ2) is 11.4. The summed E-state index contributed by atoms with van der Waals surface area (Å²) in [6.45, 7) is -0.681. The highest BCUT2D eigenvalue weighted by atomic mass is 35.5. The zero-order chi connectivity index (χ0) is 25.9. The fourth-order valence-corrected chi connectivity index (χ4v) is 3.74. The van der Waals surface area contributed by atoms with Gasteiger partial charge in [0.1, 0.15) is 30.5 Å². The lowest BCUT2D eigenvalue weighted by atomic mass is 10.2. The fourth-order valence-electron chi connectivity index (χ4n) is 3.59. The molecule has 0 spiro atoms. The number of rotatable bonds is 5. The van der Waals surface area contributed by atoms with Gasteiger partial charge in [-0.2, -0.15) is 9.97 Å². The van der Waals surface area contributed by atoms with E-state index in [1.54, 1.807) is 0 Å². The molecule has 2 aliphatic rings. The van der Waals surface area contributed by atoms with Crippen molar-refractivity contribution in [3.05, 3.63) is 44.2 Å². The molecule has 0 aromatic carbocycles. The van der Waals surface area contributed by atoms with Crippen LogP contribution in [-0.4, -0.2) is 84.2 Å². The SMILES string of the molecule is CNc1nc(=O)n([C@H]2C[C@H](O)[C@@H](CO)O2)cc1F.Nc1nc(=O)n([C@H]2C[C@H](O)[C@@H](CO)O2)cc1Cl. The second-order valence-corrected chi connectivity index (χ2v) is 8.18. The topological polar surface area (TPSA) is 207 Å². The summed E-state index contributed by atoms with van der Waals surface area (Å²) in [7, 11) is 1.45. The minimum absolute atomic E-state index is 0.0508. The third kappa shape index (κ3) is 5.95. The van der Waals surface area contributed by atoms with E-state index >= 15 is 0 Å². The molecule has 194 valence electrons. The Hall–Kier alpha value is -2.66. The minimum Gasteiger partial charge on any atom is -0.394 e. The van der Waals surface area contributed by atoms with Crippen LogP contribution in [0.25, 0.3) is 0 Å². The van der Waals surface area contributed by atoms with Crippen LogP contribution in [0.15, 0.2) is 22.0 Å². The smallest absolute Gasteiger partial charge is 0.351 e. The molecule has 0 radical (unpaired) electrons. The Bertz CT molecular complexity index is 1150. The van der Waals surface area contributed by atoms with Crippen molar-refractivity contribution in [3.63, 3.8) is 0 Å². The van der Waals surface area contributed by atoms with Gasteiger partial charge in [-0.25, -0.2) is 14.0 Å². The molecular weight excluding hydrogens is 495 g/mol. The zero-order valence-electron chi connectivity index (χ0n) is 18.5. The molecule has 4 heterocycles. The molecule has 7 N–H and O–H groups in total. The van der Waals surface area contributed by atoms with Crippen LogP contribution in [0, 0.1) is 5.82 Å². The Labute approximate surface area is 202 Å². The number of nitrogen functional groups attached to an aromatic ring is 1. The van der Waals surface area contributed by atoms with Gasteiger partial charge < -0.3 is 41.0 Å². The number of aromatic nitrogens is 4. The molecule has 0 aliphatic carbocycles. The number of nitrogens with zero attached hydrogens (tertiary/aromatic N) is 4. The number of aliphatic hydroxyl groups excluding tert-OH is 4. The van der Waals surface area contributed by atoms with Crippen molar-refractivity contribution in [2.24, 2.45) is 0 Å². The van der Waals surface area contributed by atoms with Gasteiger partial charge in [0.05, 0.1) is 36.6 Å². The molecule has 0 bridgehead atoms. The Morgan fingerprint density at radius 3 is 2.00 bits per heavy atom. The third-order valence-corrected chi connectivity index (χ3v) is 5.76. The van der Waals surface area contributed by atoms with E-state index in [-0.39, 0.29) is 42.7 Å². The van der Waals surface area contributed by atoms with Gasteiger partial charge in [0.15, 0.2) is 11.6 Å². The molecule has 0 saturated carbocycles. The molecule has 2 saturated heterocycles. The lowest BCUT2D eigenvalue weighted by Crippen LogP contribution is -2.29. The molecule has 6 atom stereocenters. The van der Waals surface area contributed by atoms with Gasteiger partial charge >= 0.3 is 11.4 Å². The number of aliphatic hydroxyl groups is 4. The molecule has 0 amide bonds. The second-order valence-electron chi connectivity index (χ2n) is 7.77. The summed E-state index contributed by atoms with van der Waals surface area (Å²) in [6.07, 6.45) is -2.14. The highest BCUT2D eigenvalue weighted by Crippen LogP contribution is 2.29. The van der Waals surface area contributed by atoms with Crippen molar-refractivity contribution in [2.75, 3.05) is 31.3 Å². The molecule has 2 aromatic heterocycles. The first-order valence-corrected chi connectivity index (χ1v) is 10.9. The van der Waals surface area contributed by atoms with Gasteiger partial charge in [-0.3, -0.25) is 9.13 Å². The summed E-state index contributed by atoms with van der Waals surface area (Å²) in [4.78, 5) is 30.3. The number of hydrogen-bond acceptors (Lipinski definition) is 12. The highest BCUT2D eigenvalue weighted by Gasteiger charge is 2.36. The first-order chi connectivity index (χ1) is 16.6. The molecule has 0 unspecified atom stereocenters. The standard InChI is InChI=1S/C10H14FN3O4.C9H12ClN3O4/c1-12-9-5(11)3-14(10(17)13-9)8-2-6(16)7(4-15)18-8;10-4-2-13(9(16)12-8(4)11)7-1-5(15)6(3-14)17-7/h3,6-8,15-16H,2,4H2,1H3,(H,12,13,17);2,5-7,14-15H,1,3H2,(H2,11,12,16)/t6-,7+,8+;5-,6+,7+/m00/s1. The van der Waals surface area contributed by atoms with Crippen LogP contribution in [0.5, 0.6) is 0 Å². The van der Waals surface area contributed by atoms with Crippen LogP contribution in [0.3, 0.4) is 0 Å². The van der Waals surface area contributed by atoms with Crippen LogP contribution >= 0.6 is 11.6 Å². The number of halogens is 2. The van der Waals surface area contributed by atoms with Crippen LogP contribution in [0.1, 0.15) is 25.3 Å². The molecule has 2 fully saturated rings. The van der Waals surface area contributed by atoms with Crippen molar-refractivity contribution in [1.29, 1.82) is 0 Å². The largest absolute Gasteiger partial charge is 0.394 e. The Morgan fingerprint density at radius 1 is 1.06 bits per heavy atom.